The summed E-state index contributed by atoms with van der Waals surface area (Å²) in [6.07, 6.45) is -0.560. The number of hydrogen-bond donors (Lipinski definition) is 2. The average Bonchev–Trinajstić information content (AvgIpc) is 2.02. The summed E-state index contributed by atoms with van der Waals surface area (Å²) < 4.78 is 9.31. The minimum atomic E-state index is -0.560. The smallest absolute Gasteiger partial charge is 0.0742 e. The van der Waals surface area contributed by atoms with Gasteiger partial charge in [0.05, 0.1) is 25.9 Å². The first kappa shape index (κ1) is 13.4. The van der Waals surface area contributed by atoms with Gasteiger partial charge < -0.3 is 19.7 Å². The zero-order chi connectivity index (χ0) is 9.11. The zero-order valence-corrected chi connectivity index (χ0v) is 7.41. The van der Waals surface area contributed by atoms with Crippen LogP contribution in [0.25, 0.3) is 0 Å². The molecule has 0 saturated heterocycles. The highest BCUT2D eigenvalue weighted by Gasteiger charge is 1.83. The number of methoxy groups -OCH3 is 2. The van der Waals surface area contributed by atoms with Gasteiger partial charge >= 0.3 is 0 Å². The maximum atomic E-state index is 8.11. The largest absolute Gasteiger partial charge is 0.394 e. The van der Waals surface area contributed by atoms with Crippen molar-refractivity contribution in [1.82, 2.24) is 0 Å². The molecule has 0 aliphatic rings. The molecule has 0 fully saturated rings. The Bertz CT molecular complexity index is 52.4. The lowest BCUT2D eigenvalue weighted by molar-refractivity contribution is 0.103. The minimum absolute atomic E-state index is 0.139. The molecule has 0 aliphatic heterocycles. The van der Waals surface area contributed by atoms with Crippen LogP contribution in [0.15, 0.2) is 0 Å². The van der Waals surface area contributed by atoms with Crippen LogP contribution < -0.4 is 0 Å². The fourth-order valence-corrected chi connectivity index (χ4v) is 0.167. The lowest BCUT2D eigenvalue weighted by Crippen LogP contribution is -2.03. The van der Waals surface area contributed by atoms with Crippen LogP contribution in [0, 0.1) is 0 Å². The molecule has 0 aromatic rings. The summed E-state index contributed by atoms with van der Waals surface area (Å²) in [5, 5.41) is 16.0. The monoisotopic (exact) mass is 166 g/mol. The molecular formula is C7H18O4. The van der Waals surface area contributed by atoms with E-state index in [0.717, 1.165) is 0 Å². The maximum absolute atomic E-state index is 8.11. The topological polar surface area (TPSA) is 58.9 Å². The molecule has 0 saturated carbocycles. The molecule has 11 heavy (non-hydrogen) atoms. The van der Waals surface area contributed by atoms with Crippen molar-refractivity contribution in [3.63, 3.8) is 0 Å². The Morgan fingerprint density at radius 1 is 1.18 bits per heavy atom. The highest BCUT2D eigenvalue weighted by molar-refractivity contribution is 4.34. The third-order valence-electron chi connectivity index (χ3n) is 0.756. The van der Waals surface area contributed by atoms with E-state index in [-0.39, 0.29) is 6.61 Å². The lowest BCUT2D eigenvalue weighted by atomic mass is 10.5. The first-order valence-electron chi connectivity index (χ1n) is 3.45. The van der Waals surface area contributed by atoms with E-state index in [2.05, 4.69) is 9.47 Å². The molecular weight excluding hydrogens is 148 g/mol. The molecule has 0 aliphatic carbocycles. The molecule has 0 aromatic heterocycles. The Kier molecular flexibility index (Phi) is 15.3. The molecule has 0 heterocycles. The van der Waals surface area contributed by atoms with E-state index >= 15 is 0 Å². The minimum Gasteiger partial charge on any atom is -0.394 e. The van der Waals surface area contributed by atoms with Crippen LogP contribution in [-0.4, -0.2) is 50.4 Å². The van der Waals surface area contributed by atoms with Crippen LogP contribution in [0.3, 0.4) is 0 Å². The van der Waals surface area contributed by atoms with Gasteiger partial charge in [-0.2, -0.15) is 0 Å². The molecule has 4 heteroatoms. The number of aliphatic hydroxyl groups is 2. The van der Waals surface area contributed by atoms with E-state index in [9.17, 15) is 0 Å². The summed E-state index contributed by atoms with van der Waals surface area (Å²) in [7, 11) is 3.30. The Morgan fingerprint density at radius 2 is 1.45 bits per heavy atom. The van der Waals surface area contributed by atoms with E-state index < -0.39 is 6.10 Å². The normalized spacial score (nSPS) is 11.7. The molecule has 0 bridgehead atoms. The predicted octanol–water partition coefficient (Wildman–Crippen LogP) is -0.361. The molecule has 70 valence electrons. The van der Waals surface area contributed by atoms with Gasteiger partial charge in [0.15, 0.2) is 0 Å². The second-order valence-electron chi connectivity index (χ2n) is 2.02. The van der Waals surface area contributed by atoms with Gasteiger partial charge in [-0.15, -0.1) is 0 Å². The second kappa shape index (κ2) is 12.5. The third kappa shape index (κ3) is 25.8. The van der Waals surface area contributed by atoms with Crippen molar-refractivity contribution in [1.29, 1.82) is 0 Å². The van der Waals surface area contributed by atoms with Gasteiger partial charge in [-0.1, -0.05) is 0 Å². The highest BCUT2D eigenvalue weighted by atomic mass is 16.5. The summed E-state index contributed by atoms with van der Waals surface area (Å²) >= 11 is 0. The summed E-state index contributed by atoms with van der Waals surface area (Å²) in [5.41, 5.74) is 0. The molecule has 2 N–H and O–H groups in total. The Balaban J connectivity index is 0. The second-order valence-corrected chi connectivity index (χ2v) is 2.02. The van der Waals surface area contributed by atoms with Crippen LogP contribution in [-0.2, 0) is 9.47 Å². The maximum Gasteiger partial charge on any atom is 0.0742 e. The molecule has 0 amide bonds. The van der Waals surface area contributed by atoms with Gasteiger partial charge in [0.2, 0.25) is 0 Å². The Labute approximate surface area is 67.8 Å². The van der Waals surface area contributed by atoms with E-state index in [4.69, 9.17) is 10.2 Å². The molecule has 0 rings (SSSR count). The molecule has 0 radical (unpaired) electrons. The number of aliphatic hydroxyl groups excluding tert-OH is 2. The summed E-state index contributed by atoms with van der Waals surface area (Å²) in [5.74, 6) is 0. The quantitative estimate of drug-likeness (QED) is 0.560. The highest BCUT2D eigenvalue weighted by Crippen LogP contribution is 1.68. The van der Waals surface area contributed by atoms with Crippen molar-refractivity contribution < 1.29 is 19.7 Å². The third-order valence-corrected chi connectivity index (χ3v) is 0.756. The number of hydrogen-bond acceptors (Lipinski definition) is 4. The fourth-order valence-electron chi connectivity index (χ4n) is 0.167. The first-order valence-corrected chi connectivity index (χ1v) is 3.45. The standard InChI is InChI=1S/C4H10O2.C3H8O2/c1-5-3-4-6-2;1-3(5)2-4/h3-4H2,1-2H3;3-5H,2H2,1H3. The Hall–Kier alpha value is -0.160. The van der Waals surface area contributed by atoms with Gasteiger partial charge in [-0.05, 0) is 6.92 Å². The van der Waals surface area contributed by atoms with Crippen molar-refractivity contribution in [3.05, 3.63) is 0 Å². The number of ether oxygens (including phenoxy) is 2. The molecule has 0 aromatic carbocycles. The van der Waals surface area contributed by atoms with Gasteiger partial charge in [-0.3, -0.25) is 0 Å². The average molecular weight is 166 g/mol. The van der Waals surface area contributed by atoms with E-state index in [1.54, 1.807) is 14.2 Å². The van der Waals surface area contributed by atoms with Crippen LogP contribution in [0.2, 0.25) is 0 Å². The molecule has 0 spiro atoms. The lowest BCUT2D eigenvalue weighted by Gasteiger charge is -1.91. The van der Waals surface area contributed by atoms with Gasteiger partial charge in [0.1, 0.15) is 0 Å². The first-order chi connectivity index (χ1) is 5.18. The van der Waals surface area contributed by atoms with Gasteiger partial charge in [-0.25, -0.2) is 0 Å². The van der Waals surface area contributed by atoms with Crippen molar-refractivity contribution in [2.75, 3.05) is 34.0 Å². The van der Waals surface area contributed by atoms with Crippen molar-refractivity contribution in [3.8, 4) is 0 Å². The number of rotatable bonds is 4. The predicted molar refractivity (Wildman–Crippen MR) is 42.5 cm³/mol. The van der Waals surface area contributed by atoms with E-state index in [0.29, 0.717) is 13.2 Å². The molecule has 1 unspecified atom stereocenters. The Morgan fingerprint density at radius 3 is 1.55 bits per heavy atom. The SMILES string of the molecule is CC(O)CO.COCCOC. The van der Waals surface area contributed by atoms with Crippen LogP contribution in [0.5, 0.6) is 0 Å². The van der Waals surface area contributed by atoms with E-state index in [1.165, 1.54) is 6.92 Å². The van der Waals surface area contributed by atoms with Gasteiger partial charge in [0, 0.05) is 14.2 Å². The van der Waals surface area contributed by atoms with Crippen molar-refractivity contribution in [2.24, 2.45) is 0 Å². The fraction of sp³-hybridized carbons (Fsp3) is 1.00. The van der Waals surface area contributed by atoms with Crippen LogP contribution in [0.4, 0.5) is 0 Å². The van der Waals surface area contributed by atoms with Crippen LogP contribution in [0.1, 0.15) is 6.92 Å². The van der Waals surface area contributed by atoms with Crippen LogP contribution >= 0.6 is 0 Å². The summed E-state index contributed by atoms with van der Waals surface area (Å²) in [6, 6.07) is 0. The summed E-state index contributed by atoms with van der Waals surface area (Å²) in [4.78, 5) is 0. The van der Waals surface area contributed by atoms with Crippen molar-refractivity contribution >= 4 is 0 Å². The van der Waals surface area contributed by atoms with Crippen molar-refractivity contribution in [2.45, 2.75) is 13.0 Å². The zero-order valence-electron chi connectivity index (χ0n) is 7.41. The molecule has 4 nitrogen and oxygen atoms in total. The van der Waals surface area contributed by atoms with Gasteiger partial charge in [0.25, 0.3) is 0 Å². The molecule has 1 atom stereocenters. The van der Waals surface area contributed by atoms with E-state index in [1.807, 2.05) is 0 Å². The summed E-state index contributed by atoms with van der Waals surface area (Å²) in [6.45, 7) is 2.77.